The van der Waals surface area contributed by atoms with E-state index in [1.165, 1.54) is 13.5 Å². The summed E-state index contributed by atoms with van der Waals surface area (Å²) in [5.41, 5.74) is 4.16. The van der Waals surface area contributed by atoms with Gasteiger partial charge in [-0.25, -0.2) is 4.79 Å². The van der Waals surface area contributed by atoms with E-state index in [9.17, 15) is 14.4 Å². The molecule has 0 spiro atoms. The number of esters is 2. The molecule has 35 heavy (non-hydrogen) atoms. The predicted molar refractivity (Wildman–Crippen MR) is 138 cm³/mol. The molecule has 0 unspecified atom stereocenters. The minimum Gasteiger partial charge on any atom is -0.469 e. The minimum atomic E-state index is -0.529. The molecule has 2 aromatic carbocycles. The number of amides is 1. The summed E-state index contributed by atoms with van der Waals surface area (Å²) in [7, 11) is 3.14. The van der Waals surface area contributed by atoms with Crippen LogP contribution in [-0.2, 0) is 30.4 Å². The molecule has 0 aromatic heterocycles. The molecule has 6 nitrogen and oxygen atoms in total. The first-order chi connectivity index (χ1) is 16.9. The van der Waals surface area contributed by atoms with Crippen LogP contribution in [0.1, 0.15) is 63.5 Å². The van der Waals surface area contributed by atoms with E-state index in [1.54, 1.807) is 17.9 Å². The van der Waals surface area contributed by atoms with Crippen LogP contribution < -0.4 is 0 Å². The van der Waals surface area contributed by atoms with Gasteiger partial charge in [0.15, 0.2) is 0 Å². The fourth-order valence-electron chi connectivity index (χ4n) is 3.71. The van der Waals surface area contributed by atoms with Gasteiger partial charge in [0.05, 0.1) is 20.1 Å². The first-order valence-corrected chi connectivity index (χ1v) is 12.3. The van der Waals surface area contributed by atoms with Crippen LogP contribution >= 0.6 is 0 Å². The minimum absolute atomic E-state index is 0.149. The Bertz CT molecular complexity index is 1010. The molecule has 2 aromatic rings. The van der Waals surface area contributed by atoms with Gasteiger partial charge >= 0.3 is 11.9 Å². The maximum atomic E-state index is 12.4. The fourth-order valence-corrected chi connectivity index (χ4v) is 3.71. The van der Waals surface area contributed by atoms with E-state index in [2.05, 4.69) is 13.0 Å². The van der Waals surface area contributed by atoms with Crippen molar-refractivity contribution in [3.63, 3.8) is 0 Å². The molecule has 2 rings (SSSR count). The summed E-state index contributed by atoms with van der Waals surface area (Å²) in [4.78, 5) is 38.1. The number of hydrogen-bond acceptors (Lipinski definition) is 5. The highest BCUT2D eigenvalue weighted by Gasteiger charge is 2.16. The lowest BCUT2D eigenvalue weighted by Crippen LogP contribution is -2.25. The molecule has 0 aliphatic carbocycles. The standard InChI is InChI=1S/C29H37NO5/c1-5-7-8-9-13-27(31)30(3)21-23-11-10-12-25(19-23)24-16-14-22(15-17-24)18-26(20-28(32)34-4)29(33)35-6-2/h10-12,14-19H,5-9,13,20-21H2,1-4H3. The molecule has 0 fully saturated rings. The summed E-state index contributed by atoms with van der Waals surface area (Å²) in [6.07, 6.45) is 6.46. The number of carbonyl (C=O) groups is 3. The Balaban J connectivity index is 2.10. The molecule has 0 saturated carbocycles. The van der Waals surface area contributed by atoms with Crippen LogP contribution in [-0.4, -0.2) is 43.5 Å². The Hall–Kier alpha value is -3.41. The van der Waals surface area contributed by atoms with E-state index in [0.717, 1.165) is 41.5 Å². The molecular formula is C29H37NO5. The third-order valence-electron chi connectivity index (χ3n) is 5.70. The number of nitrogens with zero attached hydrogens (tertiary/aromatic N) is 1. The van der Waals surface area contributed by atoms with Crippen molar-refractivity contribution >= 4 is 23.9 Å². The predicted octanol–water partition coefficient (Wildman–Crippen LogP) is 5.79. The monoisotopic (exact) mass is 479 g/mol. The average molecular weight is 480 g/mol. The first kappa shape index (κ1) is 27.8. The van der Waals surface area contributed by atoms with Crippen LogP contribution in [0.5, 0.6) is 0 Å². The van der Waals surface area contributed by atoms with Crippen molar-refractivity contribution < 1.29 is 23.9 Å². The summed E-state index contributed by atoms with van der Waals surface area (Å²) in [6, 6.07) is 15.9. The summed E-state index contributed by atoms with van der Waals surface area (Å²) in [5.74, 6) is -0.854. The van der Waals surface area contributed by atoms with Crippen molar-refractivity contribution in [3.8, 4) is 11.1 Å². The van der Waals surface area contributed by atoms with Crippen LogP contribution in [0.25, 0.3) is 17.2 Å². The third-order valence-corrected chi connectivity index (χ3v) is 5.70. The van der Waals surface area contributed by atoms with Gasteiger partial charge in [0, 0.05) is 25.6 Å². The molecule has 0 aliphatic heterocycles. The van der Waals surface area contributed by atoms with Crippen molar-refractivity contribution in [2.45, 2.75) is 58.9 Å². The number of benzene rings is 2. The van der Waals surface area contributed by atoms with E-state index in [4.69, 9.17) is 9.47 Å². The van der Waals surface area contributed by atoms with Crippen LogP contribution in [0.3, 0.4) is 0 Å². The van der Waals surface area contributed by atoms with E-state index >= 15 is 0 Å². The molecule has 1 amide bonds. The molecule has 0 N–H and O–H groups in total. The van der Waals surface area contributed by atoms with E-state index in [0.29, 0.717) is 13.0 Å². The number of methoxy groups -OCH3 is 1. The smallest absolute Gasteiger partial charge is 0.334 e. The highest BCUT2D eigenvalue weighted by Crippen LogP contribution is 2.23. The Morgan fingerprint density at radius 1 is 0.943 bits per heavy atom. The molecule has 188 valence electrons. The molecule has 0 radical (unpaired) electrons. The molecule has 6 heteroatoms. The summed E-state index contributed by atoms with van der Waals surface area (Å²) in [6.45, 7) is 4.68. The molecular weight excluding hydrogens is 442 g/mol. The molecule has 0 atom stereocenters. The van der Waals surface area contributed by atoms with Gasteiger partial charge in [-0.15, -0.1) is 0 Å². The number of carbonyl (C=O) groups excluding carboxylic acids is 3. The molecule has 0 bridgehead atoms. The zero-order valence-corrected chi connectivity index (χ0v) is 21.3. The second-order valence-electron chi connectivity index (χ2n) is 8.53. The number of unbranched alkanes of at least 4 members (excludes halogenated alkanes) is 3. The van der Waals surface area contributed by atoms with Gasteiger partial charge in [0.2, 0.25) is 5.91 Å². The topological polar surface area (TPSA) is 72.9 Å². The van der Waals surface area contributed by atoms with Crippen LogP contribution in [0, 0.1) is 0 Å². The zero-order chi connectivity index (χ0) is 25.6. The van der Waals surface area contributed by atoms with Crippen LogP contribution in [0.4, 0.5) is 0 Å². The lowest BCUT2D eigenvalue weighted by atomic mass is 10.0. The van der Waals surface area contributed by atoms with Crippen molar-refractivity contribution in [1.29, 1.82) is 0 Å². The Labute approximate surface area is 208 Å². The second-order valence-corrected chi connectivity index (χ2v) is 8.53. The molecule has 0 saturated heterocycles. The summed E-state index contributed by atoms with van der Waals surface area (Å²) >= 11 is 0. The first-order valence-electron chi connectivity index (χ1n) is 12.3. The SMILES string of the molecule is CCCCCCC(=O)N(C)Cc1cccc(-c2ccc(C=C(CC(=O)OC)C(=O)OCC)cc2)c1. The largest absolute Gasteiger partial charge is 0.469 e. The Morgan fingerprint density at radius 2 is 1.69 bits per heavy atom. The van der Waals surface area contributed by atoms with Crippen molar-refractivity contribution in [2.24, 2.45) is 0 Å². The van der Waals surface area contributed by atoms with Gasteiger partial charge in [0.25, 0.3) is 0 Å². The second kappa shape index (κ2) is 14.8. The average Bonchev–Trinajstić information content (AvgIpc) is 2.86. The van der Waals surface area contributed by atoms with E-state index in [1.807, 2.05) is 49.5 Å². The lowest BCUT2D eigenvalue weighted by Gasteiger charge is -2.18. The highest BCUT2D eigenvalue weighted by atomic mass is 16.5. The van der Waals surface area contributed by atoms with Crippen LogP contribution in [0.15, 0.2) is 54.1 Å². The maximum Gasteiger partial charge on any atom is 0.334 e. The van der Waals surface area contributed by atoms with Gasteiger partial charge < -0.3 is 14.4 Å². The van der Waals surface area contributed by atoms with Gasteiger partial charge in [-0.05, 0) is 47.7 Å². The number of hydrogen-bond donors (Lipinski definition) is 0. The van der Waals surface area contributed by atoms with Crippen molar-refractivity contribution in [1.82, 2.24) is 4.90 Å². The van der Waals surface area contributed by atoms with E-state index in [-0.39, 0.29) is 24.5 Å². The van der Waals surface area contributed by atoms with Crippen molar-refractivity contribution in [3.05, 3.63) is 65.2 Å². The zero-order valence-electron chi connectivity index (χ0n) is 21.3. The normalized spacial score (nSPS) is 11.1. The number of ether oxygens (including phenoxy) is 2. The quantitative estimate of drug-likeness (QED) is 0.206. The number of rotatable bonds is 13. The molecule has 0 heterocycles. The Morgan fingerprint density at radius 3 is 2.34 bits per heavy atom. The van der Waals surface area contributed by atoms with Gasteiger partial charge in [-0.3, -0.25) is 9.59 Å². The lowest BCUT2D eigenvalue weighted by molar-refractivity contribution is -0.144. The van der Waals surface area contributed by atoms with Gasteiger partial charge in [0.1, 0.15) is 0 Å². The van der Waals surface area contributed by atoms with Crippen molar-refractivity contribution in [2.75, 3.05) is 20.8 Å². The van der Waals surface area contributed by atoms with Crippen LogP contribution in [0.2, 0.25) is 0 Å². The fraction of sp³-hybridized carbons (Fsp3) is 0.414. The Kier molecular flexibility index (Phi) is 11.7. The molecule has 0 aliphatic rings. The third kappa shape index (κ3) is 9.39. The summed E-state index contributed by atoms with van der Waals surface area (Å²) in [5, 5.41) is 0. The van der Waals surface area contributed by atoms with E-state index < -0.39 is 11.9 Å². The summed E-state index contributed by atoms with van der Waals surface area (Å²) < 4.78 is 9.76. The highest BCUT2D eigenvalue weighted by molar-refractivity contribution is 5.98. The maximum absolute atomic E-state index is 12.4. The van der Waals surface area contributed by atoms with Gasteiger partial charge in [-0.1, -0.05) is 68.7 Å². The van der Waals surface area contributed by atoms with Gasteiger partial charge in [-0.2, -0.15) is 0 Å².